The highest BCUT2D eigenvalue weighted by molar-refractivity contribution is 7.91. The first-order valence-corrected chi connectivity index (χ1v) is 10.9. The third-order valence-corrected chi connectivity index (χ3v) is 6.66. The molecule has 2 heterocycles. The number of halogens is 1. The molecule has 0 unspecified atom stereocenters. The van der Waals surface area contributed by atoms with Crippen molar-refractivity contribution in [2.45, 2.75) is 16.8 Å². The summed E-state index contributed by atoms with van der Waals surface area (Å²) in [5.41, 5.74) is 0.467. The van der Waals surface area contributed by atoms with Crippen LogP contribution in [0.4, 0.5) is 10.3 Å². The zero-order chi connectivity index (χ0) is 21.3. The van der Waals surface area contributed by atoms with E-state index >= 15 is 0 Å². The number of carbonyl (C=O) groups is 1. The highest BCUT2D eigenvalue weighted by Crippen LogP contribution is 2.35. The van der Waals surface area contributed by atoms with Crippen LogP contribution in [0.3, 0.4) is 0 Å². The van der Waals surface area contributed by atoms with Gasteiger partial charge < -0.3 is 14.2 Å². The number of amides is 1. The van der Waals surface area contributed by atoms with Crippen LogP contribution in [0.25, 0.3) is 11.5 Å². The maximum absolute atomic E-state index is 13.3. The van der Waals surface area contributed by atoms with Gasteiger partial charge in [0.1, 0.15) is 5.82 Å². The van der Waals surface area contributed by atoms with Crippen molar-refractivity contribution in [1.29, 1.82) is 0 Å². The van der Waals surface area contributed by atoms with E-state index in [1.807, 2.05) is 0 Å². The maximum Gasteiger partial charge on any atom is 0.236 e. The SMILES string of the molecule is CC(=O)N1CCN(c2oc(-c3ccc(F)cc3)nc2S(=O)(=O)c2ccccc2)CC1. The summed E-state index contributed by atoms with van der Waals surface area (Å²) >= 11 is 0. The Morgan fingerprint density at radius 1 is 1.00 bits per heavy atom. The van der Waals surface area contributed by atoms with Crippen LogP contribution in [-0.4, -0.2) is 50.4 Å². The molecule has 2 aromatic carbocycles. The van der Waals surface area contributed by atoms with Crippen LogP contribution in [0.2, 0.25) is 0 Å². The van der Waals surface area contributed by atoms with Gasteiger partial charge in [-0.1, -0.05) is 18.2 Å². The van der Waals surface area contributed by atoms with Gasteiger partial charge in [-0.2, -0.15) is 4.98 Å². The molecule has 30 heavy (non-hydrogen) atoms. The fourth-order valence-corrected chi connectivity index (χ4v) is 4.67. The second kappa shape index (κ2) is 7.91. The number of oxazole rings is 1. The summed E-state index contributed by atoms with van der Waals surface area (Å²) in [4.78, 5) is 19.5. The molecule has 0 N–H and O–H groups in total. The van der Waals surface area contributed by atoms with Crippen molar-refractivity contribution in [3.05, 3.63) is 60.4 Å². The van der Waals surface area contributed by atoms with Crippen molar-refractivity contribution in [1.82, 2.24) is 9.88 Å². The van der Waals surface area contributed by atoms with Gasteiger partial charge in [0.2, 0.25) is 32.5 Å². The molecule has 4 rings (SSSR count). The summed E-state index contributed by atoms with van der Waals surface area (Å²) in [6, 6.07) is 13.5. The van der Waals surface area contributed by atoms with Crippen molar-refractivity contribution in [2.75, 3.05) is 31.1 Å². The normalized spacial score (nSPS) is 14.7. The van der Waals surface area contributed by atoms with E-state index in [-0.39, 0.29) is 27.6 Å². The molecule has 3 aromatic rings. The van der Waals surface area contributed by atoms with E-state index in [0.717, 1.165) is 0 Å². The Hall–Kier alpha value is -3.20. The van der Waals surface area contributed by atoms with Gasteiger partial charge in [0.15, 0.2) is 0 Å². The van der Waals surface area contributed by atoms with Crippen molar-refractivity contribution in [2.24, 2.45) is 0 Å². The highest BCUT2D eigenvalue weighted by atomic mass is 32.2. The second-order valence-electron chi connectivity index (χ2n) is 6.95. The molecule has 1 aliphatic rings. The first-order chi connectivity index (χ1) is 14.4. The van der Waals surface area contributed by atoms with Crippen molar-refractivity contribution in [3.63, 3.8) is 0 Å². The number of aromatic nitrogens is 1. The minimum absolute atomic E-state index is 0.0312. The fourth-order valence-electron chi connectivity index (χ4n) is 3.32. The third-order valence-electron chi connectivity index (χ3n) is 4.99. The van der Waals surface area contributed by atoms with Crippen molar-refractivity contribution in [3.8, 4) is 11.5 Å². The van der Waals surface area contributed by atoms with E-state index in [1.165, 1.54) is 43.3 Å². The summed E-state index contributed by atoms with van der Waals surface area (Å²) in [6.45, 7) is 3.23. The first kappa shape index (κ1) is 20.1. The van der Waals surface area contributed by atoms with E-state index in [9.17, 15) is 17.6 Å². The molecular weight excluding hydrogens is 409 g/mol. The molecule has 0 aliphatic carbocycles. The molecule has 1 saturated heterocycles. The molecule has 7 nitrogen and oxygen atoms in total. The Labute approximate surface area is 173 Å². The van der Waals surface area contributed by atoms with Gasteiger partial charge in [-0.05, 0) is 36.4 Å². The number of anilines is 1. The zero-order valence-electron chi connectivity index (χ0n) is 16.3. The molecule has 1 aliphatic heterocycles. The van der Waals surface area contributed by atoms with Crippen LogP contribution in [0, 0.1) is 5.82 Å². The summed E-state index contributed by atoms with van der Waals surface area (Å²) < 4.78 is 45.8. The van der Waals surface area contributed by atoms with Crippen LogP contribution in [-0.2, 0) is 14.6 Å². The van der Waals surface area contributed by atoms with Crippen molar-refractivity contribution >= 4 is 21.6 Å². The van der Waals surface area contributed by atoms with E-state index in [2.05, 4.69) is 4.98 Å². The molecule has 156 valence electrons. The predicted molar refractivity (Wildman–Crippen MR) is 108 cm³/mol. The number of benzene rings is 2. The van der Waals surface area contributed by atoms with Gasteiger partial charge in [0.05, 0.1) is 4.90 Å². The summed E-state index contributed by atoms with van der Waals surface area (Å²) in [5, 5.41) is -0.190. The van der Waals surface area contributed by atoms with E-state index in [0.29, 0.717) is 31.7 Å². The van der Waals surface area contributed by atoms with Crippen molar-refractivity contribution < 1.29 is 22.0 Å². The standard InChI is InChI=1S/C21H20FN3O4S/c1-15(26)24-11-13-25(14-12-24)21-20(30(27,28)18-5-3-2-4-6-18)23-19(29-21)16-7-9-17(22)10-8-16/h2-10H,11-14H2,1H3. The molecule has 0 spiro atoms. The number of hydrogen-bond acceptors (Lipinski definition) is 6. The predicted octanol–water partition coefficient (Wildman–Crippen LogP) is 2.98. The van der Waals surface area contributed by atoms with Crippen LogP contribution in [0.1, 0.15) is 6.92 Å². The number of piperazine rings is 1. The second-order valence-corrected chi connectivity index (χ2v) is 8.81. The minimum Gasteiger partial charge on any atom is -0.419 e. The van der Waals surface area contributed by atoms with Gasteiger partial charge in [-0.3, -0.25) is 4.79 Å². The maximum atomic E-state index is 13.3. The molecule has 9 heteroatoms. The molecule has 1 fully saturated rings. The number of hydrogen-bond donors (Lipinski definition) is 0. The lowest BCUT2D eigenvalue weighted by Crippen LogP contribution is -2.48. The van der Waals surface area contributed by atoms with Crippen LogP contribution >= 0.6 is 0 Å². The zero-order valence-corrected chi connectivity index (χ0v) is 17.1. The topological polar surface area (TPSA) is 83.7 Å². The largest absolute Gasteiger partial charge is 0.419 e. The molecule has 0 bridgehead atoms. The molecule has 1 aromatic heterocycles. The summed E-state index contributed by atoms with van der Waals surface area (Å²) in [6.07, 6.45) is 0. The molecule has 1 amide bonds. The van der Waals surface area contributed by atoms with Crippen LogP contribution < -0.4 is 4.90 Å². The van der Waals surface area contributed by atoms with Gasteiger partial charge in [0, 0.05) is 38.7 Å². The fraction of sp³-hybridized carbons (Fsp3) is 0.238. The van der Waals surface area contributed by atoms with Crippen LogP contribution in [0.15, 0.2) is 68.9 Å². The lowest BCUT2D eigenvalue weighted by atomic mass is 10.2. The monoisotopic (exact) mass is 429 g/mol. The first-order valence-electron chi connectivity index (χ1n) is 9.43. The molecule has 0 radical (unpaired) electrons. The molecular formula is C21H20FN3O4S. The number of nitrogens with zero attached hydrogens (tertiary/aromatic N) is 3. The average molecular weight is 429 g/mol. The minimum atomic E-state index is -3.95. The van der Waals surface area contributed by atoms with E-state index in [4.69, 9.17) is 4.42 Å². The summed E-state index contributed by atoms with van der Waals surface area (Å²) in [5.74, 6) is -0.228. The lowest BCUT2D eigenvalue weighted by molar-refractivity contribution is -0.129. The van der Waals surface area contributed by atoms with Gasteiger partial charge in [-0.15, -0.1) is 0 Å². The Morgan fingerprint density at radius 2 is 1.63 bits per heavy atom. The Balaban J connectivity index is 1.78. The number of rotatable bonds is 4. The lowest BCUT2D eigenvalue weighted by Gasteiger charge is -2.34. The van der Waals surface area contributed by atoms with Gasteiger partial charge in [0.25, 0.3) is 0 Å². The van der Waals surface area contributed by atoms with Gasteiger partial charge in [-0.25, -0.2) is 12.8 Å². The highest BCUT2D eigenvalue weighted by Gasteiger charge is 2.33. The number of sulfone groups is 1. The molecule has 0 saturated carbocycles. The average Bonchev–Trinajstić information content (AvgIpc) is 3.21. The molecule has 0 atom stereocenters. The van der Waals surface area contributed by atoms with Crippen LogP contribution in [0.5, 0.6) is 0 Å². The Morgan fingerprint density at radius 3 is 2.23 bits per heavy atom. The quantitative estimate of drug-likeness (QED) is 0.634. The van der Waals surface area contributed by atoms with E-state index in [1.54, 1.807) is 28.0 Å². The Bertz CT molecular complexity index is 1150. The van der Waals surface area contributed by atoms with Gasteiger partial charge >= 0.3 is 0 Å². The van der Waals surface area contributed by atoms with E-state index < -0.39 is 15.7 Å². The third kappa shape index (κ3) is 3.80. The Kier molecular flexibility index (Phi) is 5.29. The smallest absolute Gasteiger partial charge is 0.236 e. The number of carbonyl (C=O) groups excluding carboxylic acids is 1. The summed E-state index contributed by atoms with van der Waals surface area (Å²) in [7, 11) is -3.95.